The van der Waals surface area contributed by atoms with E-state index in [2.05, 4.69) is 29.8 Å². The molecule has 1 aliphatic rings. The first-order valence-corrected chi connectivity index (χ1v) is 7.79. The number of carbonyl (C=O) groups excluding carboxylic acids is 1. The fourth-order valence-electron chi connectivity index (χ4n) is 2.42. The van der Waals surface area contributed by atoms with E-state index in [0.717, 1.165) is 25.9 Å². The summed E-state index contributed by atoms with van der Waals surface area (Å²) in [7, 11) is 0. The van der Waals surface area contributed by atoms with Crippen molar-refractivity contribution in [3.63, 3.8) is 0 Å². The van der Waals surface area contributed by atoms with Crippen LogP contribution in [0.5, 0.6) is 0 Å². The lowest BCUT2D eigenvalue weighted by atomic mass is 10.0. The standard InChI is InChI=1S/C14H22N2O2S/c1-3-18-14(17)16-8-6-12(7-9-16)15-11(2)13-5-4-10-19-13/h4-5,10-12,15H,3,6-9H2,1-2H3. The molecule has 1 atom stereocenters. The molecular weight excluding hydrogens is 260 g/mol. The highest BCUT2D eigenvalue weighted by Gasteiger charge is 2.24. The third-order valence-electron chi connectivity index (χ3n) is 3.48. The number of hydrogen-bond donors (Lipinski definition) is 1. The van der Waals surface area contributed by atoms with Crippen LogP contribution >= 0.6 is 11.3 Å². The number of hydrogen-bond acceptors (Lipinski definition) is 4. The average molecular weight is 282 g/mol. The van der Waals surface area contributed by atoms with Crippen LogP contribution in [0, 0.1) is 0 Å². The van der Waals surface area contributed by atoms with Crippen LogP contribution < -0.4 is 5.32 Å². The number of rotatable bonds is 4. The van der Waals surface area contributed by atoms with E-state index in [0.29, 0.717) is 18.7 Å². The van der Waals surface area contributed by atoms with Gasteiger partial charge in [-0.1, -0.05) is 6.07 Å². The maximum Gasteiger partial charge on any atom is 0.409 e. The molecule has 2 heterocycles. The molecule has 0 bridgehead atoms. The topological polar surface area (TPSA) is 41.6 Å². The lowest BCUT2D eigenvalue weighted by molar-refractivity contribution is 0.0944. The highest BCUT2D eigenvalue weighted by atomic mass is 32.1. The van der Waals surface area contributed by atoms with E-state index in [-0.39, 0.29) is 6.09 Å². The molecular formula is C14H22N2O2S. The molecule has 106 valence electrons. The molecule has 19 heavy (non-hydrogen) atoms. The first-order chi connectivity index (χ1) is 9.20. The van der Waals surface area contributed by atoms with Crippen LogP contribution in [0.25, 0.3) is 0 Å². The zero-order valence-corrected chi connectivity index (χ0v) is 12.4. The van der Waals surface area contributed by atoms with Crippen LogP contribution in [0.15, 0.2) is 17.5 Å². The molecule has 1 N–H and O–H groups in total. The number of nitrogens with zero attached hydrogens (tertiary/aromatic N) is 1. The zero-order chi connectivity index (χ0) is 13.7. The Bertz CT molecular complexity index is 386. The molecule has 1 saturated heterocycles. The smallest absolute Gasteiger partial charge is 0.409 e. The summed E-state index contributed by atoms with van der Waals surface area (Å²) in [4.78, 5) is 14.8. The van der Waals surface area contributed by atoms with Gasteiger partial charge in [0.2, 0.25) is 0 Å². The molecule has 0 aromatic carbocycles. The predicted octanol–water partition coefficient (Wildman–Crippen LogP) is 3.02. The molecule has 1 amide bonds. The third-order valence-corrected chi connectivity index (χ3v) is 4.53. The Balaban J connectivity index is 1.76. The van der Waals surface area contributed by atoms with Crippen molar-refractivity contribution in [3.8, 4) is 0 Å². The van der Waals surface area contributed by atoms with Gasteiger partial charge in [-0.3, -0.25) is 0 Å². The van der Waals surface area contributed by atoms with Gasteiger partial charge in [0.15, 0.2) is 0 Å². The van der Waals surface area contributed by atoms with Crippen molar-refractivity contribution in [1.82, 2.24) is 10.2 Å². The molecule has 1 unspecified atom stereocenters. The summed E-state index contributed by atoms with van der Waals surface area (Å²) in [5.41, 5.74) is 0. The molecule has 4 nitrogen and oxygen atoms in total. The number of ether oxygens (including phenoxy) is 1. The summed E-state index contributed by atoms with van der Waals surface area (Å²) in [6, 6.07) is 5.12. The zero-order valence-electron chi connectivity index (χ0n) is 11.6. The number of amides is 1. The Kier molecular flexibility index (Phi) is 5.22. The van der Waals surface area contributed by atoms with Gasteiger partial charge in [-0.15, -0.1) is 11.3 Å². The van der Waals surface area contributed by atoms with Crippen LogP contribution in [0.3, 0.4) is 0 Å². The van der Waals surface area contributed by atoms with E-state index >= 15 is 0 Å². The van der Waals surface area contributed by atoms with E-state index in [1.54, 1.807) is 16.2 Å². The normalized spacial score (nSPS) is 18.3. The molecule has 2 rings (SSSR count). The molecule has 0 saturated carbocycles. The minimum absolute atomic E-state index is 0.174. The Labute approximate surface area is 118 Å². The predicted molar refractivity (Wildman–Crippen MR) is 77.5 cm³/mol. The van der Waals surface area contributed by atoms with E-state index < -0.39 is 0 Å². The van der Waals surface area contributed by atoms with Gasteiger partial charge in [0, 0.05) is 30.1 Å². The summed E-state index contributed by atoms with van der Waals surface area (Å²) in [6.07, 6.45) is 1.82. The van der Waals surface area contributed by atoms with Gasteiger partial charge in [-0.2, -0.15) is 0 Å². The minimum atomic E-state index is -0.174. The molecule has 1 aromatic rings. The summed E-state index contributed by atoms with van der Waals surface area (Å²) in [5.74, 6) is 0. The fourth-order valence-corrected chi connectivity index (χ4v) is 3.16. The molecule has 1 fully saturated rings. The number of piperidine rings is 1. The lowest BCUT2D eigenvalue weighted by Gasteiger charge is -2.33. The summed E-state index contributed by atoms with van der Waals surface area (Å²) in [5, 5.41) is 5.75. The Morgan fingerprint density at radius 2 is 2.32 bits per heavy atom. The van der Waals surface area contributed by atoms with E-state index in [1.807, 2.05) is 6.92 Å². The number of likely N-dealkylation sites (tertiary alicyclic amines) is 1. The second-order valence-electron chi connectivity index (χ2n) is 4.86. The second kappa shape index (κ2) is 6.91. The van der Waals surface area contributed by atoms with Crippen LogP contribution in [0.1, 0.15) is 37.6 Å². The van der Waals surface area contributed by atoms with Crippen LogP contribution in [-0.2, 0) is 4.74 Å². The van der Waals surface area contributed by atoms with Crippen molar-refractivity contribution in [2.75, 3.05) is 19.7 Å². The molecule has 0 aliphatic carbocycles. The van der Waals surface area contributed by atoms with Gasteiger partial charge in [0.25, 0.3) is 0 Å². The second-order valence-corrected chi connectivity index (χ2v) is 5.84. The van der Waals surface area contributed by atoms with Gasteiger partial charge in [-0.05, 0) is 38.1 Å². The van der Waals surface area contributed by atoms with Crippen molar-refractivity contribution < 1.29 is 9.53 Å². The van der Waals surface area contributed by atoms with Crippen LogP contribution in [0.4, 0.5) is 4.79 Å². The number of nitrogens with one attached hydrogen (secondary N) is 1. The first kappa shape index (κ1) is 14.3. The van der Waals surface area contributed by atoms with Crippen molar-refractivity contribution >= 4 is 17.4 Å². The maximum atomic E-state index is 11.6. The third kappa shape index (κ3) is 3.94. The largest absolute Gasteiger partial charge is 0.450 e. The van der Waals surface area contributed by atoms with Crippen molar-refractivity contribution in [1.29, 1.82) is 0 Å². The quantitative estimate of drug-likeness (QED) is 0.923. The molecule has 1 aliphatic heterocycles. The molecule has 1 aromatic heterocycles. The van der Waals surface area contributed by atoms with Gasteiger partial charge in [0.05, 0.1) is 6.61 Å². The molecule has 0 spiro atoms. The van der Waals surface area contributed by atoms with Gasteiger partial charge in [0.1, 0.15) is 0 Å². The number of thiophene rings is 1. The highest BCUT2D eigenvalue weighted by Crippen LogP contribution is 2.21. The van der Waals surface area contributed by atoms with Crippen molar-refractivity contribution in [3.05, 3.63) is 22.4 Å². The van der Waals surface area contributed by atoms with Gasteiger partial charge < -0.3 is 15.0 Å². The lowest BCUT2D eigenvalue weighted by Crippen LogP contribution is -2.45. The Morgan fingerprint density at radius 3 is 2.89 bits per heavy atom. The number of carbonyl (C=O) groups is 1. The van der Waals surface area contributed by atoms with E-state index in [1.165, 1.54) is 4.88 Å². The van der Waals surface area contributed by atoms with Crippen LogP contribution in [-0.4, -0.2) is 36.7 Å². The average Bonchev–Trinajstić information content (AvgIpc) is 2.94. The van der Waals surface area contributed by atoms with E-state index in [4.69, 9.17) is 4.74 Å². The van der Waals surface area contributed by atoms with Crippen molar-refractivity contribution in [2.24, 2.45) is 0 Å². The van der Waals surface area contributed by atoms with Crippen molar-refractivity contribution in [2.45, 2.75) is 38.8 Å². The van der Waals surface area contributed by atoms with Crippen LogP contribution in [0.2, 0.25) is 0 Å². The first-order valence-electron chi connectivity index (χ1n) is 6.92. The highest BCUT2D eigenvalue weighted by molar-refractivity contribution is 7.10. The summed E-state index contributed by atoms with van der Waals surface area (Å²) < 4.78 is 5.02. The summed E-state index contributed by atoms with van der Waals surface area (Å²) in [6.45, 7) is 6.06. The summed E-state index contributed by atoms with van der Waals surface area (Å²) >= 11 is 1.78. The van der Waals surface area contributed by atoms with Gasteiger partial charge >= 0.3 is 6.09 Å². The maximum absolute atomic E-state index is 11.6. The minimum Gasteiger partial charge on any atom is -0.450 e. The molecule has 5 heteroatoms. The fraction of sp³-hybridized carbons (Fsp3) is 0.643. The molecule has 0 radical (unpaired) electrons. The monoisotopic (exact) mass is 282 g/mol. The Hall–Kier alpha value is -1.07. The SMILES string of the molecule is CCOC(=O)N1CCC(NC(C)c2cccs2)CC1. The van der Waals surface area contributed by atoms with Gasteiger partial charge in [-0.25, -0.2) is 4.79 Å². The Morgan fingerprint density at radius 1 is 1.58 bits per heavy atom. The van der Waals surface area contributed by atoms with E-state index in [9.17, 15) is 4.79 Å².